The minimum absolute atomic E-state index is 0.00309. The second-order valence-corrected chi connectivity index (χ2v) is 10.6. The third-order valence-corrected chi connectivity index (χ3v) is 6.96. The molecule has 242 valence electrons. The Morgan fingerprint density at radius 2 is 1.38 bits per heavy atom. The van der Waals surface area contributed by atoms with Crippen molar-refractivity contribution in [2.24, 2.45) is 7.05 Å². The van der Waals surface area contributed by atoms with Gasteiger partial charge >= 0.3 is 18.5 Å². The topological polar surface area (TPSA) is 43.2 Å². The Morgan fingerprint density at radius 1 is 0.778 bits per heavy atom. The Morgan fingerprint density at radius 3 is 1.87 bits per heavy atom. The SMILES string of the molecule is COc1cc(F)c(C(C)C)cc1-c1ccc(C(F)(F)F)cc1CN(Cc1cc(C(F)(F)F)cc(C(F)(F)F)c1)c1cn(C)nn1. The zero-order chi connectivity index (χ0) is 33.5. The Labute approximate surface area is 251 Å². The van der Waals surface area contributed by atoms with Gasteiger partial charge in [-0.15, -0.1) is 5.10 Å². The molecule has 0 spiro atoms. The van der Waals surface area contributed by atoms with Crippen LogP contribution in [-0.2, 0) is 38.7 Å². The number of aromatic nitrogens is 3. The summed E-state index contributed by atoms with van der Waals surface area (Å²) in [6.45, 7) is 2.32. The molecule has 45 heavy (non-hydrogen) atoms. The van der Waals surface area contributed by atoms with E-state index >= 15 is 0 Å². The molecule has 0 saturated heterocycles. The molecule has 0 saturated carbocycles. The number of hydrogen-bond acceptors (Lipinski definition) is 4. The fourth-order valence-electron chi connectivity index (χ4n) is 4.79. The third-order valence-electron chi connectivity index (χ3n) is 6.96. The van der Waals surface area contributed by atoms with E-state index < -0.39 is 59.7 Å². The van der Waals surface area contributed by atoms with Gasteiger partial charge in [-0.2, -0.15) is 39.5 Å². The van der Waals surface area contributed by atoms with Gasteiger partial charge in [-0.3, -0.25) is 4.68 Å². The summed E-state index contributed by atoms with van der Waals surface area (Å²) in [6, 6.07) is 6.34. The van der Waals surface area contributed by atoms with E-state index in [-0.39, 0.29) is 45.8 Å². The quantitative estimate of drug-likeness (QED) is 0.179. The van der Waals surface area contributed by atoms with Crippen LogP contribution in [0.1, 0.15) is 53.1 Å². The molecule has 0 unspecified atom stereocenters. The fourth-order valence-corrected chi connectivity index (χ4v) is 4.79. The Hall–Kier alpha value is -4.30. The molecule has 1 heterocycles. The molecule has 0 amide bonds. The van der Waals surface area contributed by atoms with E-state index in [1.807, 2.05) is 0 Å². The Bertz CT molecular complexity index is 1640. The maximum Gasteiger partial charge on any atom is 0.416 e. The molecule has 0 aliphatic carbocycles. The summed E-state index contributed by atoms with van der Waals surface area (Å²) in [7, 11) is 2.70. The summed E-state index contributed by atoms with van der Waals surface area (Å²) in [5, 5.41) is 7.67. The first-order valence-electron chi connectivity index (χ1n) is 13.3. The highest BCUT2D eigenvalue weighted by atomic mass is 19.4. The molecule has 1 aromatic heterocycles. The van der Waals surface area contributed by atoms with Crippen molar-refractivity contribution in [3.8, 4) is 16.9 Å². The van der Waals surface area contributed by atoms with Gasteiger partial charge in [0, 0.05) is 31.8 Å². The Balaban J connectivity index is 1.92. The number of rotatable bonds is 8. The zero-order valence-electron chi connectivity index (χ0n) is 24.2. The predicted molar refractivity (Wildman–Crippen MR) is 145 cm³/mol. The minimum Gasteiger partial charge on any atom is -0.496 e. The van der Waals surface area contributed by atoms with E-state index in [0.717, 1.165) is 24.3 Å². The number of halogens is 10. The van der Waals surface area contributed by atoms with Crippen LogP contribution >= 0.6 is 0 Å². The average Bonchev–Trinajstić information content (AvgIpc) is 3.37. The van der Waals surface area contributed by atoms with Crippen molar-refractivity contribution in [3.63, 3.8) is 0 Å². The highest BCUT2D eigenvalue weighted by molar-refractivity contribution is 5.75. The summed E-state index contributed by atoms with van der Waals surface area (Å²) >= 11 is 0. The maximum atomic E-state index is 14.8. The van der Waals surface area contributed by atoms with Crippen LogP contribution in [0.15, 0.2) is 54.7 Å². The van der Waals surface area contributed by atoms with Crippen molar-refractivity contribution in [2.45, 2.75) is 51.4 Å². The predicted octanol–water partition coefficient (Wildman–Crippen LogP) is 9.02. The van der Waals surface area contributed by atoms with Crippen molar-refractivity contribution in [2.75, 3.05) is 12.0 Å². The molecule has 3 aromatic carbocycles. The number of hydrogen-bond donors (Lipinski definition) is 0. The lowest BCUT2D eigenvalue weighted by molar-refractivity contribution is -0.143. The molecule has 4 aromatic rings. The largest absolute Gasteiger partial charge is 0.496 e. The molecule has 0 bridgehead atoms. The monoisotopic (exact) mass is 648 g/mol. The van der Waals surface area contributed by atoms with Crippen LogP contribution in [0.3, 0.4) is 0 Å². The van der Waals surface area contributed by atoms with Crippen molar-refractivity contribution in [1.29, 1.82) is 0 Å². The number of anilines is 1. The van der Waals surface area contributed by atoms with E-state index in [2.05, 4.69) is 10.3 Å². The van der Waals surface area contributed by atoms with E-state index in [4.69, 9.17) is 4.74 Å². The fraction of sp³-hybridized carbons (Fsp3) is 0.333. The average molecular weight is 649 g/mol. The molecule has 0 fully saturated rings. The lowest BCUT2D eigenvalue weighted by atomic mass is 9.92. The molecular formula is C30H26F10N4O. The van der Waals surface area contributed by atoms with Crippen LogP contribution in [0.4, 0.5) is 49.7 Å². The molecule has 4 rings (SSSR count). The van der Waals surface area contributed by atoms with Gasteiger partial charge in [-0.25, -0.2) is 4.39 Å². The zero-order valence-corrected chi connectivity index (χ0v) is 24.2. The van der Waals surface area contributed by atoms with Crippen molar-refractivity contribution in [3.05, 3.63) is 93.9 Å². The second-order valence-electron chi connectivity index (χ2n) is 10.6. The Kier molecular flexibility index (Phi) is 9.14. The van der Waals surface area contributed by atoms with E-state index in [1.165, 1.54) is 36.0 Å². The molecule has 0 atom stereocenters. The highest BCUT2D eigenvalue weighted by Gasteiger charge is 2.37. The molecule has 0 N–H and O–H groups in total. The van der Waals surface area contributed by atoms with Gasteiger partial charge in [0.1, 0.15) is 11.6 Å². The van der Waals surface area contributed by atoms with Gasteiger partial charge in [-0.1, -0.05) is 25.1 Å². The second kappa shape index (κ2) is 12.2. The third kappa shape index (κ3) is 7.68. The first kappa shape index (κ1) is 33.6. The van der Waals surface area contributed by atoms with Crippen LogP contribution in [-0.4, -0.2) is 22.1 Å². The summed E-state index contributed by atoms with van der Waals surface area (Å²) in [4.78, 5) is 1.20. The molecule has 0 aliphatic rings. The van der Waals surface area contributed by atoms with Crippen molar-refractivity contribution < 1.29 is 48.6 Å². The number of nitrogens with zero attached hydrogens (tertiary/aromatic N) is 4. The molecule has 0 radical (unpaired) electrons. The lowest BCUT2D eigenvalue weighted by Crippen LogP contribution is -2.24. The normalized spacial score (nSPS) is 12.6. The van der Waals surface area contributed by atoms with Gasteiger partial charge in [0.25, 0.3) is 0 Å². The maximum absolute atomic E-state index is 14.8. The number of alkyl halides is 9. The molecule has 0 aliphatic heterocycles. The van der Waals surface area contributed by atoms with E-state index in [9.17, 15) is 43.9 Å². The lowest BCUT2D eigenvalue weighted by Gasteiger charge is -2.26. The van der Waals surface area contributed by atoms with Crippen LogP contribution in [0.25, 0.3) is 11.1 Å². The molecule has 15 heteroatoms. The highest BCUT2D eigenvalue weighted by Crippen LogP contribution is 2.41. The van der Waals surface area contributed by atoms with Crippen molar-refractivity contribution in [1.82, 2.24) is 15.0 Å². The number of aryl methyl sites for hydroxylation is 1. The first-order valence-corrected chi connectivity index (χ1v) is 13.3. The number of benzene rings is 3. The van der Waals surface area contributed by atoms with Gasteiger partial charge in [-0.05, 0) is 64.6 Å². The van der Waals surface area contributed by atoms with E-state index in [0.29, 0.717) is 12.1 Å². The van der Waals surface area contributed by atoms with Gasteiger partial charge < -0.3 is 9.64 Å². The number of methoxy groups -OCH3 is 1. The summed E-state index contributed by atoms with van der Waals surface area (Å²) < 4.78 is 144. The first-order chi connectivity index (χ1) is 20.8. The minimum atomic E-state index is -5.12. The smallest absolute Gasteiger partial charge is 0.416 e. The van der Waals surface area contributed by atoms with Crippen LogP contribution < -0.4 is 9.64 Å². The summed E-state index contributed by atoms with van der Waals surface area (Å²) in [5.74, 6) is -0.977. The van der Waals surface area contributed by atoms with E-state index in [1.54, 1.807) is 13.8 Å². The summed E-state index contributed by atoms with van der Waals surface area (Å²) in [6.07, 6.45) is -13.7. The van der Waals surface area contributed by atoms with Crippen LogP contribution in [0.5, 0.6) is 5.75 Å². The van der Waals surface area contributed by atoms with Crippen LogP contribution in [0, 0.1) is 5.82 Å². The standard InChI is InChI=1S/C30H26F10N4O/c1-16(2)23-11-24(26(45-4)12-25(23)31)22-6-5-19(28(32,33)34)9-18(22)14-44(27-15-43(3)42-41-27)13-17-7-20(29(35,36)37)10-21(8-17)30(38,39)40/h5-12,15-16H,13-14H2,1-4H3. The molecular weight excluding hydrogens is 622 g/mol. The van der Waals surface area contributed by atoms with Gasteiger partial charge in [0.15, 0.2) is 5.82 Å². The molecule has 5 nitrogen and oxygen atoms in total. The summed E-state index contributed by atoms with van der Waals surface area (Å²) in [5.41, 5.74) is -4.02. The van der Waals surface area contributed by atoms with Gasteiger partial charge in [0.05, 0.1) is 30.0 Å². The van der Waals surface area contributed by atoms with Crippen molar-refractivity contribution >= 4 is 5.82 Å². The van der Waals surface area contributed by atoms with Crippen LogP contribution in [0.2, 0.25) is 0 Å². The van der Waals surface area contributed by atoms with Gasteiger partial charge in [0.2, 0.25) is 0 Å². The number of ether oxygens (including phenoxy) is 1.